The van der Waals surface area contributed by atoms with Crippen LogP contribution in [-0.2, 0) is 0 Å². The molecule has 3 aromatic rings. The van der Waals surface area contributed by atoms with E-state index in [1.807, 2.05) is 30.3 Å². The summed E-state index contributed by atoms with van der Waals surface area (Å²) in [5.74, 6) is 1.60. The van der Waals surface area contributed by atoms with E-state index in [2.05, 4.69) is 40.1 Å². The van der Waals surface area contributed by atoms with Crippen LogP contribution in [-0.4, -0.2) is 46.0 Å². The molecule has 0 amide bonds. The maximum atomic E-state index is 4.75. The Hall–Kier alpha value is -2.53. The van der Waals surface area contributed by atoms with E-state index >= 15 is 0 Å². The number of nitrogens with zero attached hydrogens (tertiary/aromatic N) is 4. The third-order valence-corrected chi connectivity index (χ3v) is 4.36. The molecule has 3 rings (SSSR count). The molecule has 0 aliphatic rings. The van der Waals surface area contributed by atoms with Crippen molar-refractivity contribution in [1.82, 2.24) is 19.9 Å². The second-order valence-electron chi connectivity index (χ2n) is 5.96. The predicted octanol–water partition coefficient (Wildman–Crippen LogP) is 3.84. The van der Waals surface area contributed by atoms with Crippen molar-refractivity contribution in [2.45, 2.75) is 20.3 Å². The van der Waals surface area contributed by atoms with Crippen LogP contribution in [0, 0.1) is 0 Å². The van der Waals surface area contributed by atoms with E-state index in [0.29, 0.717) is 5.82 Å². The monoisotopic (exact) mass is 335 g/mol. The molecule has 0 aliphatic heterocycles. The fourth-order valence-corrected chi connectivity index (χ4v) is 2.88. The molecule has 5 heteroatoms. The summed E-state index contributed by atoms with van der Waals surface area (Å²) in [4.78, 5) is 16.1. The smallest absolute Gasteiger partial charge is 0.163 e. The molecule has 2 heterocycles. The van der Waals surface area contributed by atoms with Crippen LogP contribution in [0.3, 0.4) is 0 Å². The number of para-hydroxylation sites is 1. The first-order chi connectivity index (χ1) is 12.3. The van der Waals surface area contributed by atoms with E-state index in [1.54, 1.807) is 12.4 Å². The molecule has 0 unspecified atom stereocenters. The van der Waals surface area contributed by atoms with Gasteiger partial charge in [0.2, 0.25) is 0 Å². The highest BCUT2D eigenvalue weighted by atomic mass is 15.1. The van der Waals surface area contributed by atoms with Gasteiger partial charge in [0.25, 0.3) is 0 Å². The van der Waals surface area contributed by atoms with Gasteiger partial charge in [-0.15, -0.1) is 0 Å². The first kappa shape index (κ1) is 17.3. The topological polar surface area (TPSA) is 53.9 Å². The van der Waals surface area contributed by atoms with Crippen molar-refractivity contribution >= 4 is 16.7 Å². The molecule has 1 aromatic carbocycles. The van der Waals surface area contributed by atoms with Gasteiger partial charge >= 0.3 is 0 Å². The van der Waals surface area contributed by atoms with Crippen LogP contribution < -0.4 is 5.32 Å². The maximum Gasteiger partial charge on any atom is 0.163 e. The van der Waals surface area contributed by atoms with Gasteiger partial charge in [-0.05, 0) is 50.3 Å². The molecule has 0 fully saturated rings. The van der Waals surface area contributed by atoms with Crippen molar-refractivity contribution in [2.24, 2.45) is 0 Å². The van der Waals surface area contributed by atoms with Crippen LogP contribution in [0.5, 0.6) is 0 Å². The molecule has 5 nitrogen and oxygen atoms in total. The molecule has 0 aliphatic carbocycles. The Kier molecular flexibility index (Phi) is 5.90. The number of hydrogen-bond acceptors (Lipinski definition) is 5. The molecular weight excluding hydrogens is 310 g/mol. The summed E-state index contributed by atoms with van der Waals surface area (Å²) in [6, 6.07) is 12.0. The Morgan fingerprint density at radius 2 is 1.84 bits per heavy atom. The van der Waals surface area contributed by atoms with E-state index in [1.165, 1.54) is 0 Å². The molecule has 1 N–H and O–H groups in total. The SMILES string of the molecule is CCN(CC)CCCNc1nc(-c2cccnc2)nc2ccccc12. The summed E-state index contributed by atoms with van der Waals surface area (Å²) in [6.45, 7) is 8.59. The van der Waals surface area contributed by atoms with Gasteiger partial charge in [-0.3, -0.25) is 4.98 Å². The maximum absolute atomic E-state index is 4.75. The van der Waals surface area contributed by atoms with Crippen molar-refractivity contribution in [3.63, 3.8) is 0 Å². The molecule has 0 saturated carbocycles. The lowest BCUT2D eigenvalue weighted by Crippen LogP contribution is -2.25. The minimum atomic E-state index is 0.707. The Labute approximate surface area is 149 Å². The van der Waals surface area contributed by atoms with Gasteiger partial charge in [0, 0.05) is 29.9 Å². The predicted molar refractivity (Wildman–Crippen MR) is 104 cm³/mol. The first-order valence-electron chi connectivity index (χ1n) is 8.95. The Balaban J connectivity index is 1.81. The van der Waals surface area contributed by atoms with Gasteiger partial charge in [-0.1, -0.05) is 26.0 Å². The number of hydrogen-bond donors (Lipinski definition) is 1. The van der Waals surface area contributed by atoms with Crippen molar-refractivity contribution in [3.8, 4) is 11.4 Å². The molecule has 0 radical (unpaired) electrons. The summed E-state index contributed by atoms with van der Waals surface area (Å²) < 4.78 is 0. The minimum Gasteiger partial charge on any atom is -0.369 e. The van der Waals surface area contributed by atoms with E-state index in [4.69, 9.17) is 4.98 Å². The van der Waals surface area contributed by atoms with Crippen LogP contribution in [0.2, 0.25) is 0 Å². The largest absolute Gasteiger partial charge is 0.369 e. The van der Waals surface area contributed by atoms with Crippen molar-refractivity contribution in [2.75, 3.05) is 31.5 Å². The van der Waals surface area contributed by atoms with Crippen LogP contribution in [0.15, 0.2) is 48.8 Å². The summed E-state index contributed by atoms with van der Waals surface area (Å²) in [6.07, 6.45) is 4.65. The molecule has 0 spiro atoms. The molecule has 0 atom stereocenters. The molecule has 25 heavy (non-hydrogen) atoms. The Bertz CT molecular complexity index is 800. The van der Waals surface area contributed by atoms with E-state index < -0.39 is 0 Å². The minimum absolute atomic E-state index is 0.707. The molecule has 130 valence electrons. The van der Waals surface area contributed by atoms with Gasteiger partial charge in [0.1, 0.15) is 5.82 Å². The lowest BCUT2D eigenvalue weighted by molar-refractivity contribution is 0.303. The Morgan fingerprint density at radius 1 is 1.00 bits per heavy atom. The summed E-state index contributed by atoms with van der Waals surface area (Å²) in [7, 11) is 0. The summed E-state index contributed by atoms with van der Waals surface area (Å²) in [5.41, 5.74) is 1.88. The zero-order valence-corrected chi connectivity index (χ0v) is 14.9. The van der Waals surface area contributed by atoms with Crippen molar-refractivity contribution in [3.05, 3.63) is 48.8 Å². The summed E-state index contributed by atoms with van der Waals surface area (Å²) in [5, 5.41) is 4.56. The average Bonchev–Trinajstić information content (AvgIpc) is 2.68. The van der Waals surface area contributed by atoms with Gasteiger partial charge in [0.05, 0.1) is 5.52 Å². The quantitative estimate of drug-likeness (QED) is 0.634. The number of anilines is 1. The number of rotatable bonds is 8. The number of fused-ring (bicyclic) bond motifs is 1. The summed E-state index contributed by atoms with van der Waals surface area (Å²) >= 11 is 0. The highest BCUT2D eigenvalue weighted by Crippen LogP contribution is 2.24. The standard InChI is InChI=1S/C20H25N5/c1-3-25(4-2)14-8-13-22-20-17-10-5-6-11-18(17)23-19(24-20)16-9-7-12-21-15-16/h5-7,9-12,15H,3-4,8,13-14H2,1-2H3,(H,22,23,24). The first-order valence-corrected chi connectivity index (χ1v) is 8.95. The third-order valence-electron chi connectivity index (χ3n) is 4.36. The number of aromatic nitrogens is 3. The van der Waals surface area contributed by atoms with Gasteiger partial charge in [-0.25, -0.2) is 9.97 Å². The van der Waals surface area contributed by atoms with E-state index in [-0.39, 0.29) is 0 Å². The third kappa shape index (κ3) is 4.31. The van der Waals surface area contributed by atoms with Crippen LogP contribution >= 0.6 is 0 Å². The van der Waals surface area contributed by atoms with Crippen molar-refractivity contribution < 1.29 is 0 Å². The lowest BCUT2D eigenvalue weighted by Gasteiger charge is -2.18. The van der Waals surface area contributed by atoms with Crippen LogP contribution in [0.4, 0.5) is 5.82 Å². The normalized spacial score (nSPS) is 11.2. The Morgan fingerprint density at radius 3 is 2.60 bits per heavy atom. The molecule has 0 saturated heterocycles. The average molecular weight is 335 g/mol. The molecule has 0 bridgehead atoms. The second kappa shape index (κ2) is 8.53. The number of nitrogens with one attached hydrogen (secondary N) is 1. The van der Waals surface area contributed by atoms with E-state index in [0.717, 1.165) is 54.9 Å². The zero-order chi connectivity index (χ0) is 17.5. The molecular formula is C20H25N5. The number of pyridine rings is 1. The van der Waals surface area contributed by atoms with E-state index in [9.17, 15) is 0 Å². The molecule has 2 aromatic heterocycles. The van der Waals surface area contributed by atoms with Crippen molar-refractivity contribution in [1.29, 1.82) is 0 Å². The highest BCUT2D eigenvalue weighted by Gasteiger charge is 2.09. The van der Waals surface area contributed by atoms with Crippen LogP contribution in [0.1, 0.15) is 20.3 Å². The lowest BCUT2D eigenvalue weighted by atomic mass is 10.2. The second-order valence-corrected chi connectivity index (χ2v) is 5.96. The van der Waals surface area contributed by atoms with Gasteiger partial charge in [0.15, 0.2) is 5.82 Å². The number of benzene rings is 1. The van der Waals surface area contributed by atoms with Gasteiger partial charge in [-0.2, -0.15) is 0 Å². The van der Waals surface area contributed by atoms with Gasteiger partial charge < -0.3 is 10.2 Å². The highest BCUT2D eigenvalue weighted by molar-refractivity contribution is 5.90. The zero-order valence-electron chi connectivity index (χ0n) is 14.9. The fraction of sp³-hybridized carbons (Fsp3) is 0.350. The fourth-order valence-electron chi connectivity index (χ4n) is 2.88. The van der Waals surface area contributed by atoms with Crippen LogP contribution in [0.25, 0.3) is 22.3 Å².